The van der Waals surface area contributed by atoms with Crippen LogP contribution >= 0.6 is 0 Å². The summed E-state index contributed by atoms with van der Waals surface area (Å²) >= 11 is 0. The molecule has 0 aromatic heterocycles. The summed E-state index contributed by atoms with van der Waals surface area (Å²) in [6.45, 7) is 0. The summed E-state index contributed by atoms with van der Waals surface area (Å²) in [5.74, 6) is 1.66. The summed E-state index contributed by atoms with van der Waals surface area (Å²) in [4.78, 5) is 10.1. The second-order valence-corrected chi connectivity index (χ2v) is 9.67. The molecule has 34 heavy (non-hydrogen) atoms. The fraction of sp³-hybridized carbons (Fsp3) is 0.481. The molecule has 184 valence electrons. The van der Waals surface area contributed by atoms with Gasteiger partial charge in [0.25, 0.3) is 0 Å². The molecule has 2 aromatic carbocycles. The second-order valence-electron chi connectivity index (χ2n) is 9.67. The molecule has 6 rings (SSSR count). The molecule has 0 N–H and O–H groups in total. The molecule has 0 saturated heterocycles. The molecule has 2 aliphatic heterocycles. The predicted octanol–water partition coefficient (Wildman–Crippen LogP) is -0.693. The SMILES string of the molecule is [Br-].[Br-].[Ni+2].c1ccc(C[C@H]2N=C(CC3=N[C@H](Cc4ccccc4)C4(CCC4)O3)OC23CCC3)cc1. The average Bonchev–Trinajstić information content (AvgIpc) is 3.28. The first-order chi connectivity index (χ1) is 15.2. The van der Waals surface area contributed by atoms with Crippen molar-refractivity contribution in [2.45, 2.75) is 81.1 Å². The Hall–Kier alpha value is -1.17. The zero-order valence-electron chi connectivity index (χ0n) is 19.1. The number of ether oxygens (including phenoxy) is 2. The molecule has 7 heteroatoms. The van der Waals surface area contributed by atoms with Gasteiger partial charge in [0.15, 0.2) is 11.8 Å². The molecule has 0 bridgehead atoms. The monoisotopic (exact) mass is 630 g/mol. The summed E-state index contributed by atoms with van der Waals surface area (Å²) in [5.41, 5.74) is 2.47. The van der Waals surface area contributed by atoms with Gasteiger partial charge in [-0.15, -0.1) is 0 Å². The van der Waals surface area contributed by atoms with E-state index >= 15 is 0 Å². The number of nitrogens with zero attached hydrogens (tertiary/aromatic N) is 2. The van der Waals surface area contributed by atoms with Crippen molar-refractivity contribution in [1.29, 1.82) is 0 Å². The van der Waals surface area contributed by atoms with E-state index < -0.39 is 0 Å². The zero-order valence-corrected chi connectivity index (χ0v) is 23.2. The molecule has 4 aliphatic rings. The van der Waals surface area contributed by atoms with Gasteiger partial charge in [-0.05, 0) is 62.5 Å². The summed E-state index contributed by atoms with van der Waals surface area (Å²) in [6, 6.07) is 21.8. The first kappa shape index (κ1) is 27.4. The van der Waals surface area contributed by atoms with Crippen molar-refractivity contribution in [2.75, 3.05) is 0 Å². The molecule has 2 heterocycles. The Morgan fingerprint density at radius 2 is 1.03 bits per heavy atom. The normalized spacial score (nSPS) is 24.7. The van der Waals surface area contributed by atoms with Crippen molar-refractivity contribution in [3.63, 3.8) is 0 Å². The zero-order chi connectivity index (χ0) is 20.7. The van der Waals surface area contributed by atoms with Crippen LogP contribution in [0.3, 0.4) is 0 Å². The standard InChI is InChI=1S/C27H30N2O2.2BrH.Ni/c1-3-9-20(10-4-1)17-22-26(13-7-14-26)30-24(28-22)19-25-29-23(27(31-25)15-8-16-27)18-21-11-5-2-6-12-21;;;/h1-6,9-12,22-23H,7-8,13-19H2;2*1H;/q;;;+2/p-2/t22-,23-;;;/m1.../s1. The largest absolute Gasteiger partial charge is 2.00 e. The van der Waals surface area contributed by atoms with E-state index in [0.29, 0.717) is 6.42 Å². The topological polar surface area (TPSA) is 43.2 Å². The van der Waals surface area contributed by atoms with Gasteiger partial charge in [0.05, 0.1) is 18.5 Å². The molecular formula is C27H30Br2N2NiO2. The van der Waals surface area contributed by atoms with Crippen LogP contribution in [0.25, 0.3) is 0 Å². The van der Waals surface area contributed by atoms with E-state index in [9.17, 15) is 0 Å². The average molecular weight is 633 g/mol. The van der Waals surface area contributed by atoms with E-state index in [2.05, 4.69) is 60.7 Å². The summed E-state index contributed by atoms with van der Waals surface area (Å²) < 4.78 is 13.0. The molecule has 2 spiro atoms. The molecule has 2 fully saturated rings. The minimum atomic E-state index is -0.0953. The van der Waals surface area contributed by atoms with Crippen molar-refractivity contribution in [3.8, 4) is 0 Å². The first-order valence-electron chi connectivity index (χ1n) is 11.8. The number of halogens is 2. The van der Waals surface area contributed by atoms with Gasteiger partial charge in [0.1, 0.15) is 11.2 Å². The Labute approximate surface area is 233 Å². The maximum atomic E-state index is 6.49. The number of rotatable bonds is 6. The number of hydrogen-bond donors (Lipinski definition) is 0. The summed E-state index contributed by atoms with van der Waals surface area (Å²) in [6.07, 6.45) is 9.35. The Morgan fingerprint density at radius 3 is 1.35 bits per heavy atom. The minimum absolute atomic E-state index is 0. The van der Waals surface area contributed by atoms with E-state index in [0.717, 1.165) is 50.3 Å². The van der Waals surface area contributed by atoms with Crippen molar-refractivity contribution in [3.05, 3.63) is 71.8 Å². The van der Waals surface area contributed by atoms with Crippen molar-refractivity contribution >= 4 is 11.8 Å². The molecule has 0 radical (unpaired) electrons. The van der Waals surface area contributed by atoms with Gasteiger partial charge in [0.2, 0.25) is 0 Å². The van der Waals surface area contributed by atoms with E-state index in [4.69, 9.17) is 19.5 Å². The van der Waals surface area contributed by atoms with Crippen LogP contribution in [0.15, 0.2) is 70.6 Å². The first-order valence-corrected chi connectivity index (χ1v) is 11.8. The molecule has 2 saturated carbocycles. The third-order valence-electron chi connectivity index (χ3n) is 7.70. The molecule has 2 aromatic rings. The molecule has 0 amide bonds. The Bertz CT molecular complexity index is 926. The number of aliphatic imine (C=N–C) groups is 2. The smallest absolute Gasteiger partial charge is 1.00 e. The van der Waals surface area contributed by atoms with Gasteiger partial charge in [-0.3, -0.25) is 0 Å². The van der Waals surface area contributed by atoms with E-state index in [1.165, 1.54) is 24.0 Å². The van der Waals surface area contributed by atoms with Gasteiger partial charge < -0.3 is 43.4 Å². The number of hydrogen-bond acceptors (Lipinski definition) is 4. The van der Waals surface area contributed by atoms with Gasteiger partial charge >= 0.3 is 16.5 Å². The van der Waals surface area contributed by atoms with Crippen LogP contribution in [0.5, 0.6) is 0 Å². The van der Waals surface area contributed by atoms with E-state index in [-0.39, 0.29) is 73.7 Å². The van der Waals surface area contributed by atoms with Crippen LogP contribution in [0.4, 0.5) is 0 Å². The molecule has 2 atom stereocenters. The minimum Gasteiger partial charge on any atom is -1.00 e. The third-order valence-corrected chi connectivity index (χ3v) is 7.70. The Kier molecular flexibility index (Phi) is 9.08. The quantitative estimate of drug-likeness (QED) is 0.396. The van der Waals surface area contributed by atoms with Crippen LogP contribution in [0.2, 0.25) is 0 Å². The van der Waals surface area contributed by atoms with Crippen LogP contribution in [0.1, 0.15) is 56.1 Å². The summed E-state index contributed by atoms with van der Waals surface area (Å²) in [5, 5.41) is 0. The fourth-order valence-electron chi connectivity index (χ4n) is 5.59. The maximum absolute atomic E-state index is 6.49. The number of benzene rings is 2. The summed E-state index contributed by atoms with van der Waals surface area (Å²) in [7, 11) is 0. The van der Waals surface area contributed by atoms with Crippen LogP contribution in [-0.2, 0) is 38.8 Å². The van der Waals surface area contributed by atoms with E-state index in [1.807, 2.05) is 0 Å². The van der Waals surface area contributed by atoms with Crippen molar-refractivity contribution < 1.29 is 59.9 Å². The van der Waals surface area contributed by atoms with Gasteiger partial charge in [-0.2, -0.15) is 0 Å². The molecule has 0 unspecified atom stereocenters. The van der Waals surface area contributed by atoms with Gasteiger partial charge in [-0.1, -0.05) is 60.7 Å². The molecule has 2 aliphatic carbocycles. The van der Waals surface area contributed by atoms with Crippen LogP contribution in [0, 0.1) is 0 Å². The molecular weight excluding hydrogens is 603 g/mol. The van der Waals surface area contributed by atoms with Gasteiger partial charge in [0, 0.05) is 0 Å². The van der Waals surface area contributed by atoms with Gasteiger partial charge in [-0.25, -0.2) is 9.98 Å². The fourth-order valence-corrected chi connectivity index (χ4v) is 5.59. The van der Waals surface area contributed by atoms with Crippen molar-refractivity contribution in [2.24, 2.45) is 9.98 Å². The van der Waals surface area contributed by atoms with Crippen molar-refractivity contribution in [1.82, 2.24) is 0 Å². The Balaban J connectivity index is 0.00000108. The second kappa shape index (κ2) is 11.3. The van der Waals surface area contributed by atoms with Crippen LogP contribution < -0.4 is 34.0 Å². The Morgan fingerprint density at radius 1 is 0.647 bits per heavy atom. The van der Waals surface area contributed by atoms with Crippen LogP contribution in [-0.4, -0.2) is 35.1 Å². The maximum Gasteiger partial charge on any atom is 2.00 e. The molecule has 4 nitrogen and oxygen atoms in total. The predicted molar refractivity (Wildman–Crippen MR) is 123 cm³/mol. The third kappa shape index (κ3) is 5.17. The van der Waals surface area contributed by atoms with E-state index in [1.54, 1.807) is 0 Å².